The maximum absolute atomic E-state index is 12.7. The van der Waals surface area contributed by atoms with Crippen LogP contribution in [0.3, 0.4) is 0 Å². The standard InChI is InChI=1S/C20H18F2N2O3/c1-13(14-7-4-3-5-8-14)24-19(25)16(12-23)11-15-9-6-10-17(26-2)18(15)27-20(21)22/h3-11,13,20H,1-2H3,(H,24,25)/b16-11+/t13-/m0/s1. The number of rotatable bonds is 7. The molecule has 0 unspecified atom stereocenters. The minimum absolute atomic E-state index is 0.0689. The molecule has 0 aliphatic carbocycles. The van der Waals surface area contributed by atoms with E-state index in [4.69, 9.17) is 4.74 Å². The Hall–Kier alpha value is -3.40. The Labute approximate surface area is 155 Å². The Balaban J connectivity index is 2.30. The van der Waals surface area contributed by atoms with Crippen LogP contribution in [0.4, 0.5) is 8.78 Å². The van der Waals surface area contributed by atoms with Crippen LogP contribution in [0.5, 0.6) is 11.5 Å². The molecular weight excluding hydrogens is 354 g/mol. The molecule has 2 aromatic rings. The number of ether oxygens (including phenoxy) is 2. The van der Waals surface area contributed by atoms with E-state index in [1.165, 1.54) is 25.3 Å². The van der Waals surface area contributed by atoms with Crippen LogP contribution in [0, 0.1) is 11.3 Å². The molecule has 0 aliphatic rings. The van der Waals surface area contributed by atoms with Crippen molar-refractivity contribution in [2.45, 2.75) is 19.6 Å². The smallest absolute Gasteiger partial charge is 0.387 e. The van der Waals surface area contributed by atoms with Gasteiger partial charge < -0.3 is 14.8 Å². The van der Waals surface area contributed by atoms with Gasteiger partial charge in [-0.3, -0.25) is 4.79 Å². The van der Waals surface area contributed by atoms with Crippen LogP contribution in [-0.2, 0) is 4.79 Å². The predicted molar refractivity (Wildman–Crippen MR) is 96.2 cm³/mol. The second-order valence-electron chi connectivity index (χ2n) is 5.53. The Morgan fingerprint density at radius 2 is 1.89 bits per heavy atom. The molecule has 1 atom stereocenters. The number of nitrogens with one attached hydrogen (secondary N) is 1. The lowest BCUT2D eigenvalue weighted by atomic mass is 10.1. The van der Waals surface area contributed by atoms with Crippen LogP contribution in [0.2, 0.25) is 0 Å². The molecule has 0 fully saturated rings. The molecule has 2 rings (SSSR count). The van der Waals surface area contributed by atoms with E-state index in [9.17, 15) is 18.8 Å². The minimum atomic E-state index is -3.08. The molecule has 1 amide bonds. The third-order valence-electron chi connectivity index (χ3n) is 3.75. The van der Waals surface area contributed by atoms with Gasteiger partial charge in [-0.05, 0) is 24.6 Å². The summed E-state index contributed by atoms with van der Waals surface area (Å²) in [5.41, 5.74) is 0.755. The molecule has 140 valence electrons. The van der Waals surface area contributed by atoms with Crippen LogP contribution in [0.15, 0.2) is 54.1 Å². The summed E-state index contributed by atoms with van der Waals surface area (Å²) in [6.07, 6.45) is 1.19. The Morgan fingerprint density at radius 3 is 2.48 bits per heavy atom. The highest BCUT2D eigenvalue weighted by atomic mass is 19.3. The number of alkyl halides is 2. The molecular formula is C20H18F2N2O3. The number of hydrogen-bond donors (Lipinski definition) is 1. The molecule has 2 aromatic carbocycles. The van der Waals surface area contributed by atoms with E-state index in [1.54, 1.807) is 19.1 Å². The third kappa shape index (κ3) is 5.28. The van der Waals surface area contributed by atoms with Crippen LogP contribution >= 0.6 is 0 Å². The number of para-hydroxylation sites is 1. The molecule has 1 N–H and O–H groups in total. The topological polar surface area (TPSA) is 71.3 Å². The van der Waals surface area contributed by atoms with Crippen molar-refractivity contribution in [3.05, 3.63) is 65.2 Å². The molecule has 0 spiro atoms. The van der Waals surface area contributed by atoms with Crippen molar-refractivity contribution in [3.8, 4) is 17.6 Å². The first-order valence-electron chi connectivity index (χ1n) is 8.05. The highest BCUT2D eigenvalue weighted by molar-refractivity contribution is 6.02. The molecule has 5 nitrogen and oxygen atoms in total. The van der Waals surface area contributed by atoms with Crippen molar-refractivity contribution in [2.75, 3.05) is 7.11 Å². The second kappa shape index (κ2) is 9.34. The van der Waals surface area contributed by atoms with Crippen molar-refractivity contribution >= 4 is 12.0 Å². The first kappa shape index (κ1) is 19.9. The number of benzene rings is 2. The monoisotopic (exact) mass is 372 g/mol. The van der Waals surface area contributed by atoms with Crippen molar-refractivity contribution in [1.29, 1.82) is 5.26 Å². The van der Waals surface area contributed by atoms with Gasteiger partial charge >= 0.3 is 6.61 Å². The average Bonchev–Trinajstić information content (AvgIpc) is 2.67. The van der Waals surface area contributed by atoms with Gasteiger partial charge in [0.15, 0.2) is 11.5 Å². The molecule has 0 saturated heterocycles. The van der Waals surface area contributed by atoms with Gasteiger partial charge in [0.05, 0.1) is 13.2 Å². The second-order valence-corrected chi connectivity index (χ2v) is 5.53. The molecule has 0 aliphatic heterocycles. The van der Waals surface area contributed by atoms with E-state index in [0.29, 0.717) is 0 Å². The lowest BCUT2D eigenvalue weighted by molar-refractivity contribution is -0.117. The molecule has 0 bridgehead atoms. The number of carbonyl (C=O) groups is 1. The van der Waals surface area contributed by atoms with Crippen LogP contribution in [-0.4, -0.2) is 19.6 Å². The fourth-order valence-corrected chi connectivity index (χ4v) is 2.43. The molecule has 0 heterocycles. The summed E-state index contributed by atoms with van der Waals surface area (Å²) in [5, 5.41) is 12.0. The van der Waals surface area contributed by atoms with Crippen LogP contribution < -0.4 is 14.8 Å². The number of carbonyl (C=O) groups excluding carboxylic acids is 1. The van der Waals surface area contributed by atoms with E-state index < -0.39 is 12.5 Å². The fraction of sp³-hybridized carbons (Fsp3) is 0.200. The highest BCUT2D eigenvalue weighted by Crippen LogP contribution is 2.33. The van der Waals surface area contributed by atoms with E-state index in [0.717, 1.165) is 5.56 Å². The summed E-state index contributed by atoms with van der Waals surface area (Å²) in [7, 11) is 1.31. The van der Waals surface area contributed by atoms with Crippen LogP contribution in [0.1, 0.15) is 24.1 Å². The number of nitrogens with zero attached hydrogens (tertiary/aromatic N) is 1. The van der Waals surface area contributed by atoms with Crippen molar-refractivity contribution in [1.82, 2.24) is 5.32 Å². The summed E-state index contributed by atoms with van der Waals surface area (Å²) < 4.78 is 34.9. The molecule has 0 saturated carbocycles. The Morgan fingerprint density at radius 1 is 1.19 bits per heavy atom. The summed E-state index contributed by atoms with van der Waals surface area (Å²) in [4.78, 5) is 12.4. The molecule has 0 radical (unpaired) electrons. The van der Waals surface area contributed by atoms with Gasteiger partial charge in [0.2, 0.25) is 0 Å². The Bertz CT molecular complexity index is 861. The van der Waals surface area contributed by atoms with Gasteiger partial charge in [-0.1, -0.05) is 42.5 Å². The summed E-state index contributed by atoms with van der Waals surface area (Å²) in [6.45, 7) is -1.30. The average molecular weight is 372 g/mol. The predicted octanol–water partition coefficient (Wildman–Crippen LogP) is 4.08. The third-order valence-corrected chi connectivity index (χ3v) is 3.75. The fourth-order valence-electron chi connectivity index (χ4n) is 2.43. The van der Waals surface area contributed by atoms with Gasteiger partial charge in [-0.25, -0.2) is 0 Å². The van der Waals surface area contributed by atoms with Gasteiger partial charge in [0, 0.05) is 5.56 Å². The zero-order valence-corrected chi connectivity index (χ0v) is 14.8. The zero-order valence-electron chi connectivity index (χ0n) is 14.8. The molecule has 27 heavy (non-hydrogen) atoms. The van der Waals surface area contributed by atoms with Gasteiger partial charge in [-0.15, -0.1) is 0 Å². The summed E-state index contributed by atoms with van der Waals surface area (Å²) in [5.74, 6) is -0.800. The lowest BCUT2D eigenvalue weighted by Crippen LogP contribution is -2.27. The van der Waals surface area contributed by atoms with Gasteiger partial charge in [0.1, 0.15) is 11.6 Å². The summed E-state index contributed by atoms with van der Waals surface area (Å²) >= 11 is 0. The summed E-state index contributed by atoms with van der Waals surface area (Å²) in [6, 6.07) is 15.1. The van der Waals surface area contributed by atoms with Crippen molar-refractivity contribution < 1.29 is 23.0 Å². The van der Waals surface area contributed by atoms with E-state index in [-0.39, 0.29) is 28.7 Å². The SMILES string of the molecule is COc1cccc(/C=C(\C#N)C(=O)N[C@@H](C)c2ccccc2)c1OC(F)F. The molecule has 0 aromatic heterocycles. The van der Waals surface area contributed by atoms with Crippen LogP contribution in [0.25, 0.3) is 6.08 Å². The van der Waals surface area contributed by atoms with Gasteiger partial charge in [0.25, 0.3) is 5.91 Å². The number of nitriles is 1. The quantitative estimate of drug-likeness (QED) is 0.587. The number of amides is 1. The van der Waals surface area contributed by atoms with Gasteiger partial charge in [-0.2, -0.15) is 14.0 Å². The lowest BCUT2D eigenvalue weighted by Gasteiger charge is -2.15. The largest absolute Gasteiger partial charge is 0.493 e. The minimum Gasteiger partial charge on any atom is -0.493 e. The maximum Gasteiger partial charge on any atom is 0.387 e. The van der Waals surface area contributed by atoms with Crippen molar-refractivity contribution in [2.24, 2.45) is 0 Å². The zero-order chi connectivity index (χ0) is 19.8. The molecule has 7 heteroatoms. The maximum atomic E-state index is 12.7. The number of hydrogen-bond acceptors (Lipinski definition) is 4. The van der Waals surface area contributed by atoms with Crippen molar-refractivity contribution in [3.63, 3.8) is 0 Å². The number of halogens is 2. The normalized spacial score (nSPS) is 12.2. The van der Waals surface area contributed by atoms with E-state index >= 15 is 0 Å². The highest BCUT2D eigenvalue weighted by Gasteiger charge is 2.18. The Kier molecular flexibility index (Phi) is 6.89. The van der Waals surface area contributed by atoms with E-state index in [1.807, 2.05) is 30.3 Å². The number of methoxy groups -OCH3 is 1. The van der Waals surface area contributed by atoms with E-state index in [2.05, 4.69) is 10.1 Å². The first-order valence-corrected chi connectivity index (χ1v) is 8.05. The first-order chi connectivity index (χ1) is 13.0.